The van der Waals surface area contributed by atoms with Crippen LogP contribution in [-0.2, 0) is 29.6 Å². The molecule has 39 heavy (non-hydrogen) atoms. The number of hydrogen-bond acceptors (Lipinski definition) is 6. The lowest BCUT2D eigenvalue weighted by Crippen LogP contribution is -2.48. The fourth-order valence-corrected chi connectivity index (χ4v) is 4.62. The molecule has 1 aliphatic rings. The Labute approximate surface area is 225 Å². The first-order valence-corrected chi connectivity index (χ1v) is 12.5. The Morgan fingerprint density at radius 3 is 1.77 bits per heavy atom. The van der Waals surface area contributed by atoms with E-state index in [1.807, 2.05) is 91.0 Å². The van der Waals surface area contributed by atoms with Crippen molar-refractivity contribution in [2.45, 2.75) is 43.7 Å². The van der Waals surface area contributed by atoms with Gasteiger partial charge in [0.2, 0.25) is 5.91 Å². The van der Waals surface area contributed by atoms with Crippen LogP contribution in [0.4, 0.5) is 0 Å². The maximum Gasteiger partial charge on any atom is 0.333 e. The molecular formula is C29H27N5O5. The van der Waals surface area contributed by atoms with E-state index in [1.165, 1.54) is 0 Å². The standard InChI is InChI=1S/C29H27N5O5/c30-33-32-24(16-19-28(38)39-34-26(36)17-18-27(34)37)20-25(35)31-29(21-10-4-1-5-11-21,22-12-6-2-7-13-22)23-14-8-3-9-15-23/h1-15,24H,16-20H2,(H,31,35)/t24-/m1/s1. The number of hydroxylamine groups is 2. The number of amides is 3. The monoisotopic (exact) mass is 525 g/mol. The maximum atomic E-state index is 13.6. The van der Waals surface area contributed by atoms with Gasteiger partial charge in [-0.2, -0.15) is 0 Å². The van der Waals surface area contributed by atoms with Crippen LogP contribution in [0, 0.1) is 0 Å². The second-order valence-electron chi connectivity index (χ2n) is 9.04. The lowest BCUT2D eigenvalue weighted by atomic mass is 9.77. The van der Waals surface area contributed by atoms with E-state index < -0.39 is 35.3 Å². The minimum Gasteiger partial charge on any atom is -0.338 e. The van der Waals surface area contributed by atoms with E-state index in [4.69, 9.17) is 10.4 Å². The van der Waals surface area contributed by atoms with Gasteiger partial charge in [-0.1, -0.05) is 96.1 Å². The molecular weight excluding hydrogens is 498 g/mol. The van der Waals surface area contributed by atoms with Crippen molar-refractivity contribution in [1.82, 2.24) is 10.4 Å². The molecule has 198 valence electrons. The summed E-state index contributed by atoms with van der Waals surface area (Å²) in [5, 5.41) is 7.36. The van der Waals surface area contributed by atoms with Gasteiger partial charge in [0.15, 0.2) is 0 Å². The molecule has 1 N–H and O–H groups in total. The van der Waals surface area contributed by atoms with E-state index in [1.54, 1.807) is 0 Å². The number of rotatable bonds is 11. The van der Waals surface area contributed by atoms with E-state index >= 15 is 0 Å². The summed E-state index contributed by atoms with van der Waals surface area (Å²) < 4.78 is 0. The molecule has 10 nitrogen and oxygen atoms in total. The van der Waals surface area contributed by atoms with Crippen LogP contribution in [0.1, 0.15) is 48.8 Å². The van der Waals surface area contributed by atoms with Crippen molar-refractivity contribution in [3.05, 3.63) is 118 Å². The van der Waals surface area contributed by atoms with E-state index in [9.17, 15) is 19.2 Å². The van der Waals surface area contributed by atoms with Crippen molar-refractivity contribution >= 4 is 23.7 Å². The van der Waals surface area contributed by atoms with Crippen molar-refractivity contribution < 1.29 is 24.0 Å². The molecule has 0 bridgehead atoms. The predicted octanol–water partition coefficient (Wildman–Crippen LogP) is 4.55. The molecule has 0 unspecified atom stereocenters. The largest absolute Gasteiger partial charge is 0.338 e. The molecule has 1 saturated heterocycles. The molecule has 3 aromatic rings. The Morgan fingerprint density at radius 2 is 1.33 bits per heavy atom. The average Bonchev–Trinajstić information content (AvgIpc) is 3.28. The Balaban J connectivity index is 1.56. The van der Waals surface area contributed by atoms with Crippen LogP contribution in [0.15, 0.2) is 96.1 Å². The molecule has 0 spiro atoms. The molecule has 3 aromatic carbocycles. The average molecular weight is 526 g/mol. The molecule has 0 saturated carbocycles. The smallest absolute Gasteiger partial charge is 0.333 e. The van der Waals surface area contributed by atoms with Crippen LogP contribution >= 0.6 is 0 Å². The Morgan fingerprint density at radius 1 is 0.872 bits per heavy atom. The van der Waals surface area contributed by atoms with Gasteiger partial charge in [0.05, 0.1) is 0 Å². The van der Waals surface area contributed by atoms with E-state index in [2.05, 4.69) is 15.3 Å². The summed E-state index contributed by atoms with van der Waals surface area (Å²) in [5.41, 5.74) is 10.5. The van der Waals surface area contributed by atoms with E-state index in [0.29, 0.717) is 5.06 Å². The molecule has 3 amide bonds. The third-order valence-corrected chi connectivity index (χ3v) is 6.46. The number of nitrogens with zero attached hydrogens (tertiary/aromatic N) is 4. The van der Waals surface area contributed by atoms with Gasteiger partial charge in [-0.05, 0) is 28.6 Å². The van der Waals surface area contributed by atoms with Crippen molar-refractivity contribution in [3.8, 4) is 0 Å². The van der Waals surface area contributed by atoms with Gasteiger partial charge in [0.25, 0.3) is 11.8 Å². The summed E-state index contributed by atoms with van der Waals surface area (Å²) >= 11 is 0. The number of imide groups is 1. The summed E-state index contributed by atoms with van der Waals surface area (Å²) in [5.74, 6) is -2.40. The molecule has 10 heteroatoms. The highest BCUT2D eigenvalue weighted by atomic mass is 16.7. The van der Waals surface area contributed by atoms with Gasteiger partial charge in [-0.3, -0.25) is 14.4 Å². The zero-order chi connectivity index (χ0) is 27.7. The van der Waals surface area contributed by atoms with Gasteiger partial charge >= 0.3 is 5.97 Å². The van der Waals surface area contributed by atoms with Gasteiger partial charge in [0.1, 0.15) is 5.54 Å². The predicted molar refractivity (Wildman–Crippen MR) is 141 cm³/mol. The molecule has 0 radical (unpaired) electrons. The quantitative estimate of drug-likeness (QED) is 0.128. The highest BCUT2D eigenvalue weighted by Gasteiger charge is 2.38. The first-order chi connectivity index (χ1) is 18.9. The van der Waals surface area contributed by atoms with Gasteiger partial charge in [0, 0.05) is 36.6 Å². The zero-order valence-electron chi connectivity index (χ0n) is 21.1. The van der Waals surface area contributed by atoms with Crippen molar-refractivity contribution in [3.63, 3.8) is 0 Å². The molecule has 0 aliphatic carbocycles. The lowest BCUT2D eigenvalue weighted by molar-refractivity contribution is -0.197. The first-order valence-electron chi connectivity index (χ1n) is 12.5. The molecule has 1 atom stereocenters. The van der Waals surface area contributed by atoms with Crippen LogP contribution in [0.25, 0.3) is 10.4 Å². The molecule has 4 rings (SSSR count). The topological polar surface area (TPSA) is 142 Å². The third kappa shape index (κ3) is 6.31. The second kappa shape index (κ2) is 12.5. The van der Waals surface area contributed by atoms with Crippen molar-refractivity contribution in [2.24, 2.45) is 5.11 Å². The number of nitrogens with one attached hydrogen (secondary N) is 1. The zero-order valence-corrected chi connectivity index (χ0v) is 21.1. The summed E-state index contributed by atoms with van der Waals surface area (Å²) in [6.45, 7) is 0. The number of carbonyl (C=O) groups is 4. The molecule has 1 heterocycles. The molecule has 1 aliphatic heterocycles. The van der Waals surface area contributed by atoms with Crippen LogP contribution < -0.4 is 5.32 Å². The number of azide groups is 1. The number of hydrogen-bond donors (Lipinski definition) is 1. The Kier molecular flexibility index (Phi) is 8.71. The molecule has 1 fully saturated rings. The van der Waals surface area contributed by atoms with Crippen molar-refractivity contribution in [1.29, 1.82) is 0 Å². The lowest BCUT2D eigenvalue weighted by Gasteiger charge is -2.37. The third-order valence-electron chi connectivity index (χ3n) is 6.46. The fourth-order valence-electron chi connectivity index (χ4n) is 4.62. The highest BCUT2D eigenvalue weighted by molar-refractivity contribution is 6.01. The summed E-state index contributed by atoms with van der Waals surface area (Å²) in [4.78, 5) is 56.9. The van der Waals surface area contributed by atoms with Gasteiger partial charge < -0.3 is 10.2 Å². The highest BCUT2D eigenvalue weighted by Crippen LogP contribution is 2.37. The van der Waals surface area contributed by atoms with Crippen LogP contribution in [-0.4, -0.2) is 34.8 Å². The fraction of sp³-hybridized carbons (Fsp3) is 0.241. The minimum absolute atomic E-state index is 0.0124. The van der Waals surface area contributed by atoms with Crippen LogP contribution in [0.3, 0.4) is 0 Å². The maximum absolute atomic E-state index is 13.6. The number of benzene rings is 3. The summed E-state index contributed by atoms with van der Waals surface area (Å²) in [6, 6.07) is 27.8. The van der Waals surface area contributed by atoms with Crippen LogP contribution in [0.5, 0.6) is 0 Å². The summed E-state index contributed by atoms with van der Waals surface area (Å²) in [6.07, 6.45) is -0.497. The van der Waals surface area contributed by atoms with Crippen LogP contribution in [0.2, 0.25) is 0 Å². The van der Waals surface area contributed by atoms with E-state index in [-0.39, 0.29) is 32.1 Å². The van der Waals surface area contributed by atoms with Crippen molar-refractivity contribution in [2.75, 3.05) is 0 Å². The van der Waals surface area contributed by atoms with Gasteiger partial charge in [-0.15, -0.1) is 5.06 Å². The normalized spacial score (nSPS) is 13.9. The minimum atomic E-state index is -1.04. The molecule has 0 aromatic heterocycles. The first kappa shape index (κ1) is 27.1. The Hall–Kier alpha value is -4.95. The number of carbonyl (C=O) groups excluding carboxylic acids is 4. The Bertz CT molecular complexity index is 1260. The second-order valence-corrected chi connectivity index (χ2v) is 9.04. The van der Waals surface area contributed by atoms with E-state index in [0.717, 1.165) is 16.7 Å². The SMILES string of the molecule is [N-]=[N+]=N[C@H](CCC(=O)ON1C(=O)CCC1=O)CC(=O)NC(c1ccccc1)(c1ccccc1)c1ccccc1. The summed E-state index contributed by atoms with van der Waals surface area (Å²) in [7, 11) is 0. The van der Waals surface area contributed by atoms with Gasteiger partial charge in [-0.25, -0.2) is 4.79 Å².